The molecule has 1 fully saturated rings. The number of piperidine rings is 1. The molecule has 1 aromatic heterocycles. The van der Waals surface area contributed by atoms with Crippen molar-refractivity contribution in [2.45, 2.75) is 39.5 Å². The summed E-state index contributed by atoms with van der Waals surface area (Å²) < 4.78 is 0. The highest BCUT2D eigenvalue weighted by Crippen LogP contribution is 2.20. The van der Waals surface area contributed by atoms with Gasteiger partial charge in [-0.25, -0.2) is 0 Å². The largest absolute Gasteiger partial charge is 0.359 e. The fourth-order valence-electron chi connectivity index (χ4n) is 3.41. The highest BCUT2D eigenvalue weighted by molar-refractivity contribution is 5.80. The molecule has 1 aromatic rings. The van der Waals surface area contributed by atoms with Crippen LogP contribution in [0.25, 0.3) is 0 Å². The molecule has 0 bridgehead atoms. The number of aryl methyl sites for hydroxylation is 1. The lowest BCUT2D eigenvalue weighted by atomic mass is 9.95. The average Bonchev–Trinajstić information content (AvgIpc) is 2.60. The maximum absolute atomic E-state index is 12.4. The zero-order valence-corrected chi connectivity index (χ0v) is 14.9. The third-order valence-corrected chi connectivity index (χ3v) is 4.97. The second-order valence-corrected chi connectivity index (χ2v) is 6.44. The summed E-state index contributed by atoms with van der Waals surface area (Å²) in [5.41, 5.74) is 1.93. The number of pyridine rings is 1. The number of carbonyl (C=O) groups is 2. The second-order valence-electron chi connectivity index (χ2n) is 6.44. The molecule has 0 radical (unpaired) electrons. The number of H-pyrrole nitrogens is 1. The zero-order valence-electron chi connectivity index (χ0n) is 14.9. The molecule has 0 unspecified atom stereocenters. The van der Waals surface area contributed by atoms with Crippen molar-refractivity contribution in [3.63, 3.8) is 0 Å². The van der Waals surface area contributed by atoms with E-state index in [2.05, 4.69) is 10.3 Å². The fraction of sp³-hybridized carbons (Fsp3) is 0.556. The highest BCUT2D eigenvalue weighted by atomic mass is 16.2. The van der Waals surface area contributed by atoms with Gasteiger partial charge in [-0.2, -0.15) is 5.26 Å². The number of hydrogen-bond acceptors (Lipinski definition) is 4. The van der Waals surface area contributed by atoms with E-state index in [1.54, 1.807) is 25.8 Å². The molecule has 0 atom stereocenters. The van der Waals surface area contributed by atoms with Gasteiger partial charge < -0.3 is 15.2 Å². The summed E-state index contributed by atoms with van der Waals surface area (Å²) in [4.78, 5) is 40.3. The van der Waals surface area contributed by atoms with Gasteiger partial charge in [0.2, 0.25) is 11.8 Å². The van der Waals surface area contributed by atoms with Gasteiger partial charge in [0.25, 0.3) is 5.56 Å². The molecule has 1 aliphatic rings. The molecular weight excluding hydrogens is 320 g/mol. The van der Waals surface area contributed by atoms with E-state index < -0.39 is 0 Å². The molecule has 1 aliphatic heterocycles. The van der Waals surface area contributed by atoms with Gasteiger partial charge in [-0.3, -0.25) is 14.4 Å². The predicted octanol–water partition coefficient (Wildman–Crippen LogP) is 0.781. The highest BCUT2D eigenvalue weighted by Gasteiger charge is 2.26. The number of amides is 2. The molecule has 0 aromatic carbocycles. The first-order chi connectivity index (χ1) is 11.9. The van der Waals surface area contributed by atoms with Crippen LogP contribution in [0.5, 0.6) is 0 Å². The number of carbonyl (C=O) groups excluding carboxylic acids is 2. The first kappa shape index (κ1) is 18.7. The minimum atomic E-state index is -0.385. The molecule has 7 heteroatoms. The van der Waals surface area contributed by atoms with Gasteiger partial charge in [-0.1, -0.05) is 0 Å². The molecule has 0 saturated carbocycles. The summed E-state index contributed by atoms with van der Waals surface area (Å²) in [5.74, 6) is 0.0606. The van der Waals surface area contributed by atoms with Gasteiger partial charge in [0.05, 0.1) is 0 Å². The van der Waals surface area contributed by atoms with Crippen molar-refractivity contribution in [1.29, 1.82) is 5.26 Å². The van der Waals surface area contributed by atoms with Crippen molar-refractivity contribution in [3.05, 3.63) is 32.7 Å². The molecule has 2 rings (SSSR count). The Hall–Kier alpha value is -2.62. The predicted molar refractivity (Wildman–Crippen MR) is 92.9 cm³/mol. The van der Waals surface area contributed by atoms with Gasteiger partial charge in [-0.15, -0.1) is 0 Å². The number of rotatable bonds is 4. The maximum Gasteiger partial charge on any atom is 0.266 e. The van der Waals surface area contributed by atoms with E-state index in [1.165, 1.54) is 0 Å². The van der Waals surface area contributed by atoms with E-state index in [4.69, 9.17) is 5.26 Å². The molecule has 134 valence electrons. The third-order valence-electron chi connectivity index (χ3n) is 4.97. The fourth-order valence-corrected chi connectivity index (χ4v) is 3.41. The first-order valence-corrected chi connectivity index (χ1v) is 8.50. The Labute approximate surface area is 147 Å². The van der Waals surface area contributed by atoms with E-state index in [0.29, 0.717) is 50.0 Å². The van der Waals surface area contributed by atoms with Crippen molar-refractivity contribution < 1.29 is 9.59 Å². The Kier molecular flexibility index (Phi) is 5.97. The van der Waals surface area contributed by atoms with Gasteiger partial charge >= 0.3 is 0 Å². The summed E-state index contributed by atoms with van der Waals surface area (Å²) >= 11 is 0. The Morgan fingerprint density at radius 2 is 1.96 bits per heavy atom. The third kappa shape index (κ3) is 4.08. The van der Waals surface area contributed by atoms with E-state index in [-0.39, 0.29) is 28.9 Å². The normalized spacial score (nSPS) is 14.9. The van der Waals surface area contributed by atoms with Crippen LogP contribution in [0.2, 0.25) is 0 Å². The Bertz CT molecular complexity index is 768. The lowest BCUT2D eigenvalue weighted by Crippen LogP contribution is -2.42. The summed E-state index contributed by atoms with van der Waals surface area (Å²) in [7, 11) is 1.63. The number of aromatic amines is 1. The van der Waals surface area contributed by atoms with Gasteiger partial charge in [0, 0.05) is 38.2 Å². The van der Waals surface area contributed by atoms with E-state index in [9.17, 15) is 14.4 Å². The van der Waals surface area contributed by atoms with Crippen LogP contribution in [0.15, 0.2) is 4.79 Å². The summed E-state index contributed by atoms with van der Waals surface area (Å²) in [6, 6.07) is 1.93. The Morgan fingerprint density at radius 1 is 1.32 bits per heavy atom. The van der Waals surface area contributed by atoms with Crippen LogP contribution in [0.1, 0.15) is 41.6 Å². The van der Waals surface area contributed by atoms with E-state index >= 15 is 0 Å². The number of likely N-dealkylation sites (tertiary alicyclic amines) is 1. The van der Waals surface area contributed by atoms with Gasteiger partial charge in [-0.05, 0) is 44.2 Å². The quantitative estimate of drug-likeness (QED) is 0.842. The monoisotopic (exact) mass is 344 g/mol. The van der Waals surface area contributed by atoms with Crippen molar-refractivity contribution in [1.82, 2.24) is 15.2 Å². The standard InChI is InChI=1S/C18H24N4O3/c1-11-14(12(2)21-18(25)15(11)10-19)4-5-16(23)22-8-6-13(7-9-22)17(24)20-3/h13H,4-9H2,1-3H3,(H,20,24)(H,21,25). The molecular formula is C18H24N4O3. The molecule has 0 spiro atoms. The van der Waals surface area contributed by atoms with E-state index in [1.807, 2.05) is 6.07 Å². The number of aromatic nitrogens is 1. The van der Waals surface area contributed by atoms with Crippen LogP contribution < -0.4 is 10.9 Å². The minimum absolute atomic E-state index is 0.0177. The van der Waals surface area contributed by atoms with Crippen LogP contribution in [-0.4, -0.2) is 41.8 Å². The SMILES string of the molecule is CNC(=O)C1CCN(C(=O)CCc2c(C)[nH]c(=O)c(C#N)c2C)CC1. The maximum atomic E-state index is 12.4. The second kappa shape index (κ2) is 7.97. The smallest absolute Gasteiger partial charge is 0.266 e. The Balaban J connectivity index is 1.99. The lowest BCUT2D eigenvalue weighted by molar-refractivity contribution is -0.135. The molecule has 1 saturated heterocycles. The van der Waals surface area contributed by atoms with Crippen molar-refractivity contribution in [2.24, 2.45) is 5.92 Å². The summed E-state index contributed by atoms with van der Waals surface area (Å²) in [6.45, 7) is 4.70. The topological polar surface area (TPSA) is 106 Å². The summed E-state index contributed by atoms with van der Waals surface area (Å²) in [5, 5.41) is 11.8. The van der Waals surface area contributed by atoms with Gasteiger partial charge in [0.15, 0.2) is 0 Å². The van der Waals surface area contributed by atoms with Crippen LogP contribution in [0, 0.1) is 31.1 Å². The van der Waals surface area contributed by atoms with Gasteiger partial charge in [0.1, 0.15) is 11.6 Å². The first-order valence-electron chi connectivity index (χ1n) is 8.50. The Morgan fingerprint density at radius 3 is 2.52 bits per heavy atom. The number of hydrogen-bond donors (Lipinski definition) is 2. The number of nitriles is 1. The molecule has 2 heterocycles. The van der Waals surface area contributed by atoms with Crippen molar-refractivity contribution in [2.75, 3.05) is 20.1 Å². The van der Waals surface area contributed by atoms with Crippen molar-refractivity contribution in [3.8, 4) is 6.07 Å². The van der Waals surface area contributed by atoms with Crippen molar-refractivity contribution >= 4 is 11.8 Å². The zero-order chi connectivity index (χ0) is 18.6. The van der Waals surface area contributed by atoms with Crippen LogP contribution in [-0.2, 0) is 16.0 Å². The molecule has 2 N–H and O–H groups in total. The van der Waals surface area contributed by atoms with Crippen LogP contribution >= 0.6 is 0 Å². The minimum Gasteiger partial charge on any atom is -0.359 e. The van der Waals surface area contributed by atoms with E-state index in [0.717, 1.165) is 5.56 Å². The average molecular weight is 344 g/mol. The summed E-state index contributed by atoms with van der Waals surface area (Å²) in [6.07, 6.45) is 2.17. The van der Waals surface area contributed by atoms with Crippen LogP contribution in [0.4, 0.5) is 0 Å². The molecule has 7 nitrogen and oxygen atoms in total. The molecule has 2 amide bonds. The molecule has 0 aliphatic carbocycles. The lowest BCUT2D eigenvalue weighted by Gasteiger charge is -2.31. The molecule has 25 heavy (non-hydrogen) atoms. The number of nitrogens with zero attached hydrogens (tertiary/aromatic N) is 2. The number of nitrogens with one attached hydrogen (secondary N) is 2. The van der Waals surface area contributed by atoms with Crippen LogP contribution in [0.3, 0.4) is 0 Å².